The number of aryl methyl sites for hydroxylation is 2. The minimum absolute atomic E-state index is 0.143. The summed E-state index contributed by atoms with van der Waals surface area (Å²) in [4.78, 5) is 14.8. The Morgan fingerprint density at radius 1 is 1.43 bits per heavy atom. The van der Waals surface area contributed by atoms with Crippen molar-refractivity contribution in [3.05, 3.63) is 17.5 Å². The van der Waals surface area contributed by atoms with Crippen LogP contribution in [0.2, 0.25) is 0 Å². The lowest BCUT2D eigenvalue weighted by atomic mass is 10.0. The van der Waals surface area contributed by atoms with Gasteiger partial charge >= 0.3 is 0 Å². The van der Waals surface area contributed by atoms with Gasteiger partial charge in [-0.1, -0.05) is 33.6 Å². The highest BCUT2D eigenvalue weighted by atomic mass is 16.5. The first kappa shape index (κ1) is 18.0. The van der Waals surface area contributed by atoms with Crippen molar-refractivity contribution >= 4 is 5.91 Å². The summed E-state index contributed by atoms with van der Waals surface area (Å²) < 4.78 is 7.97. The van der Waals surface area contributed by atoms with Crippen LogP contribution in [0.15, 0.2) is 6.20 Å². The number of hydrogen-bond donors (Lipinski definition) is 0. The van der Waals surface area contributed by atoms with Gasteiger partial charge in [-0.2, -0.15) is 5.10 Å². The van der Waals surface area contributed by atoms with Crippen molar-refractivity contribution in [2.45, 2.75) is 65.6 Å². The Hall–Kier alpha value is -1.36. The van der Waals surface area contributed by atoms with E-state index in [0.717, 1.165) is 37.1 Å². The number of rotatable bonds is 6. The molecule has 1 amide bonds. The fourth-order valence-electron chi connectivity index (χ4n) is 3.13. The van der Waals surface area contributed by atoms with E-state index in [-0.39, 0.29) is 18.1 Å². The van der Waals surface area contributed by atoms with E-state index in [0.29, 0.717) is 18.9 Å². The van der Waals surface area contributed by atoms with E-state index in [2.05, 4.69) is 25.9 Å². The van der Waals surface area contributed by atoms with Crippen LogP contribution in [0.3, 0.4) is 0 Å². The molecule has 5 heteroatoms. The first-order valence-corrected chi connectivity index (χ1v) is 8.83. The average Bonchev–Trinajstić information content (AvgIpc) is 2.82. The molecule has 1 aromatic heterocycles. The van der Waals surface area contributed by atoms with E-state index >= 15 is 0 Å². The van der Waals surface area contributed by atoms with Crippen molar-refractivity contribution in [2.75, 3.05) is 13.1 Å². The number of unbranched alkanes of at least 4 members (excludes halogenated alkanes) is 1. The Labute approximate surface area is 140 Å². The Morgan fingerprint density at radius 2 is 2.17 bits per heavy atom. The van der Waals surface area contributed by atoms with Crippen LogP contribution in [-0.2, 0) is 23.0 Å². The SMILES string of the molecule is CCCC[C@@H]1CN(C(=O)Cc2cn(C)nc2C)C[C@H](C(C)C)O1. The minimum atomic E-state index is 0.143. The van der Waals surface area contributed by atoms with Crippen LogP contribution >= 0.6 is 0 Å². The third-order valence-electron chi connectivity index (χ3n) is 4.62. The summed E-state index contributed by atoms with van der Waals surface area (Å²) in [5, 5.41) is 4.33. The predicted molar refractivity (Wildman–Crippen MR) is 91.3 cm³/mol. The van der Waals surface area contributed by atoms with E-state index in [1.807, 2.05) is 25.1 Å². The quantitative estimate of drug-likeness (QED) is 0.809. The van der Waals surface area contributed by atoms with Crippen molar-refractivity contribution in [3.8, 4) is 0 Å². The van der Waals surface area contributed by atoms with E-state index in [1.54, 1.807) is 4.68 Å². The van der Waals surface area contributed by atoms with Gasteiger partial charge in [-0.05, 0) is 19.3 Å². The van der Waals surface area contributed by atoms with Crippen molar-refractivity contribution in [1.82, 2.24) is 14.7 Å². The van der Waals surface area contributed by atoms with Crippen LogP contribution in [0.25, 0.3) is 0 Å². The van der Waals surface area contributed by atoms with Gasteiger partial charge < -0.3 is 9.64 Å². The number of carbonyl (C=O) groups is 1. The normalized spacial score (nSPS) is 21.9. The van der Waals surface area contributed by atoms with E-state index < -0.39 is 0 Å². The van der Waals surface area contributed by atoms with Gasteiger partial charge in [0.15, 0.2) is 0 Å². The van der Waals surface area contributed by atoms with Gasteiger partial charge in [-0.25, -0.2) is 0 Å². The van der Waals surface area contributed by atoms with Gasteiger partial charge in [-0.15, -0.1) is 0 Å². The van der Waals surface area contributed by atoms with Gasteiger partial charge in [0.05, 0.1) is 24.3 Å². The zero-order valence-electron chi connectivity index (χ0n) is 15.2. The summed E-state index contributed by atoms with van der Waals surface area (Å²) in [6, 6.07) is 0. The summed E-state index contributed by atoms with van der Waals surface area (Å²) in [6.07, 6.45) is 6.05. The molecule has 0 radical (unpaired) electrons. The van der Waals surface area contributed by atoms with Crippen molar-refractivity contribution in [3.63, 3.8) is 0 Å². The number of amides is 1. The standard InChI is InChI=1S/C18H31N3O2/c1-6-7-8-16-11-21(12-17(23-16)13(2)3)18(22)9-15-10-20(5)19-14(15)4/h10,13,16-17H,6-9,11-12H2,1-5H3/t16-,17-/m1/s1. The number of morpholine rings is 1. The maximum absolute atomic E-state index is 12.7. The summed E-state index contributed by atoms with van der Waals surface area (Å²) in [7, 11) is 1.89. The molecule has 0 bridgehead atoms. The van der Waals surface area contributed by atoms with Gasteiger partial charge in [0.1, 0.15) is 0 Å². The minimum Gasteiger partial charge on any atom is -0.371 e. The second kappa shape index (κ2) is 7.95. The molecule has 2 rings (SSSR count). The highest BCUT2D eigenvalue weighted by Gasteiger charge is 2.32. The van der Waals surface area contributed by atoms with Crippen LogP contribution < -0.4 is 0 Å². The molecule has 0 spiro atoms. The monoisotopic (exact) mass is 321 g/mol. The largest absolute Gasteiger partial charge is 0.371 e. The van der Waals surface area contributed by atoms with Crippen molar-refractivity contribution < 1.29 is 9.53 Å². The smallest absolute Gasteiger partial charge is 0.227 e. The number of ether oxygens (including phenoxy) is 1. The van der Waals surface area contributed by atoms with Gasteiger partial charge in [-0.3, -0.25) is 9.48 Å². The first-order valence-electron chi connectivity index (χ1n) is 8.83. The molecule has 1 saturated heterocycles. The fraction of sp³-hybridized carbons (Fsp3) is 0.778. The van der Waals surface area contributed by atoms with Crippen LogP contribution in [0.1, 0.15) is 51.3 Å². The summed E-state index contributed by atoms with van der Waals surface area (Å²) in [6.45, 7) is 9.92. The molecule has 23 heavy (non-hydrogen) atoms. The van der Waals surface area contributed by atoms with Crippen molar-refractivity contribution in [1.29, 1.82) is 0 Å². The maximum Gasteiger partial charge on any atom is 0.227 e. The molecule has 0 N–H and O–H groups in total. The highest BCUT2D eigenvalue weighted by molar-refractivity contribution is 5.79. The first-order chi connectivity index (χ1) is 10.9. The number of aromatic nitrogens is 2. The lowest BCUT2D eigenvalue weighted by Gasteiger charge is -2.40. The summed E-state index contributed by atoms with van der Waals surface area (Å²) >= 11 is 0. The molecule has 1 aromatic rings. The molecule has 1 aliphatic heterocycles. The third kappa shape index (κ3) is 4.80. The zero-order chi connectivity index (χ0) is 17.0. The highest BCUT2D eigenvalue weighted by Crippen LogP contribution is 2.22. The lowest BCUT2D eigenvalue weighted by Crippen LogP contribution is -2.52. The van der Waals surface area contributed by atoms with E-state index in [4.69, 9.17) is 4.74 Å². The van der Waals surface area contributed by atoms with Crippen molar-refractivity contribution in [2.24, 2.45) is 13.0 Å². The molecule has 2 atom stereocenters. The second-order valence-electron chi connectivity index (χ2n) is 7.07. The van der Waals surface area contributed by atoms with Crippen LogP contribution in [0.5, 0.6) is 0 Å². The molecule has 0 saturated carbocycles. The number of hydrogen-bond acceptors (Lipinski definition) is 3. The Kier molecular flexibility index (Phi) is 6.22. The zero-order valence-corrected chi connectivity index (χ0v) is 15.2. The van der Waals surface area contributed by atoms with E-state index in [9.17, 15) is 4.79 Å². The number of carbonyl (C=O) groups excluding carboxylic acids is 1. The molecule has 2 heterocycles. The molecule has 0 unspecified atom stereocenters. The lowest BCUT2D eigenvalue weighted by molar-refractivity contribution is -0.149. The second-order valence-corrected chi connectivity index (χ2v) is 7.07. The van der Waals surface area contributed by atoms with Gasteiger partial charge in [0.25, 0.3) is 0 Å². The molecule has 130 valence electrons. The van der Waals surface area contributed by atoms with Crippen LogP contribution in [0.4, 0.5) is 0 Å². The summed E-state index contributed by atoms with van der Waals surface area (Å²) in [5.41, 5.74) is 1.97. The van der Waals surface area contributed by atoms with E-state index in [1.165, 1.54) is 0 Å². The average molecular weight is 321 g/mol. The molecule has 1 fully saturated rings. The molecule has 0 aromatic carbocycles. The number of nitrogens with zero attached hydrogens (tertiary/aromatic N) is 3. The molecule has 5 nitrogen and oxygen atoms in total. The maximum atomic E-state index is 12.7. The molecular weight excluding hydrogens is 290 g/mol. The third-order valence-corrected chi connectivity index (χ3v) is 4.62. The molecule has 0 aliphatic carbocycles. The Balaban J connectivity index is 2.03. The van der Waals surface area contributed by atoms with Gasteiger partial charge in [0.2, 0.25) is 5.91 Å². The molecular formula is C18H31N3O2. The topological polar surface area (TPSA) is 47.4 Å². The Morgan fingerprint density at radius 3 is 2.74 bits per heavy atom. The van der Waals surface area contributed by atoms with Crippen LogP contribution in [-0.4, -0.2) is 45.9 Å². The van der Waals surface area contributed by atoms with Gasteiger partial charge in [0, 0.05) is 31.9 Å². The Bertz CT molecular complexity index is 524. The predicted octanol–water partition coefficient (Wildman–Crippen LogP) is 2.71. The summed E-state index contributed by atoms with van der Waals surface area (Å²) in [5.74, 6) is 0.617. The fourth-order valence-corrected chi connectivity index (χ4v) is 3.13. The van der Waals surface area contributed by atoms with Crippen LogP contribution in [0, 0.1) is 12.8 Å². The molecule has 1 aliphatic rings.